The number of carbonyl (C=O) groups is 1. The molecule has 0 radical (unpaired) electrons. The van der Waals surface area contributed by atoms with Crippen LogP contribution in [0.15, 0.2) is 0 Å². The van der Waals surface area contributed by atoms with Gasteiger partial charge in [0, 0.05) is 13.1 Å². The molecule has 1 saturated heterocycles. The zero-order chi connectivity index (χ0) is 12.3. The average molecular weight is 226 g/mol. The van der Waals surface area contributed by atoms with Crippen molar-refractivity contribution in [3.05, 3.63) is 0 Å². The molecule has 16 heavy (non-hydrogen) atoms. The number of likely N-dealkylation sites (tertiary alicyclic amines) is 1. The monoisotopic (exact) mass is 226 g/mol. The second kappa shape index (κ2) is 5.67. The first-order chi connectivity index (χ1) is 7.41. The summed E-state index contributed by atoms with van der Waals surface area (Å²) in [6.45, 7) is 10.3. The van der Waals surface area contributed by atoms with E-state index >= 15 is 0 Å². The molecule has 1 rings (SSSR count). The molecule has 1 aliphatic heterocycles. The Balaban J connectivity index is 2.43. The number of rotatable bonds is 4. The largest absolute Gasteiger partial charge is 0.341 e. The lowest BCUT2D eigenvalue weighted by atomic mass is 9.97. The minimum absolute atomic E-state index is 0.140. The summed E-state index contributed by atoms with van der Waals surface area (Å²) in [5, 5.41) is 0. The van der Waals surface area contributed by atoms with Crippen molar-refractivity contribution < 1.29 is 4.79 Å². The van der Waals surface area contributed by atoms with Crippen LogP contribution < -0.4 is 5.73 Å². The van der Waals surface area contributed by atoms with Gasteiger partial charge in [-0.05, 0) is 30.6 Å². The van der Waals surface area contributed by atoms with Gasteiger partial charge < -0.3 is 10.6 Å². The topological polar surface area (TPSA) is 46.3 Å². The van der Waals surface area contributed by atoms with E-state index < -0.39 is 0 Å². The summed E-state index contributed by atoms with van der Waals surface area (Å²) in [4.78, 5) is 14.0. The molecule has 3 nitrogen and oxygen atoms in total. The van der Waals surface area contributed by atoms with Gasteiger partial charge in [-0.2, -0.15) is 0 Å². The second-order valence-corrected chi connectivity index (χ2v) is 5.84. The molecule has 0 aromatic rings. The van der Waals surface area contributed by atoms with Crippen LogP contribution in [0, 0.1) is 17.8 Å². The molecule has 0 aromatic heterocycles. The summed E-state index contributed by atoms with van der Waals surface area (Å²) in [5.41, 5.74) is 5.90. The molecule has 1 aliphatic rings. The predicted octanol–water partition coefficient (Wildman–Crippen LogP) is 1.86. The number of nitrogens with zero attached hydrogens (tertiary/aromatic N) is 1. The van der Waals surface area contributed by atoms with Crippen LogP contribution in [0.5, 0.6) is 0 Å². The summed E-state index contributed by atoms with van der Waals surface area (Å²) in [6, 6.07) is -0.321. The zero-order valence-electron chi connectivity index (χ0n) is 11.1. The first-order valence-electron chi connectivity index (χ1n) is 6.46. The molecule has 3 heteroatoms. The first-order valence-corrected chi connectivity index (χ1v) is 6.46. The minimum Gasteiger partial charge on any atom is -0.341 e. The molecule has 0 aromatic carbocycles. The van der Waals surface area contributed by atoms with E-state index in [1.165, 1.54) is 6.42 Å². The maximum Gasteiger partial charge on any atom is 0.239 e. The van der Waals surface area contributed by atoms with Gasteiger partial charge in [0.1, 0.15) is 0 Å². The third kappa shape index (κ3) is 3.48. The third-order valence-corrected chi connectivity index (χ3v) is 3.41. The number of carbonyl (C=O) groups excluding carboxylic acids is 1. The van der Waals surface area contributed by atoms with Crippen LogP contribution in [-0.4, -0.2) is 29.9 Å². The molecule has 1 fully saturated rings. The van der Waals surface area contributed by atoms with Gasteiger partial charge in [0.05, 0.1) is 6.04 Å². The molecule has 94 valence electrons. The highest BCUT2D eigenvalue weighted by Gasteiger charge is 2.30. The third-order valence-electron chi connectivity index (χ3n) is 3.41. The van der Waals surface area contributed by atoms with Crippen molar-refractivity contribution in [3.8, 4) is 0 Å². The Morgan fingerprint density at radius 1 is 1.38 bits per heavy atom. The Kier molecular flexibility index (Phi) is 4.78. The van der Waals surface area contributed by atoms with Crippen molar-refractivity contribution >= 4 is 5.91 Å². The number of hydrogen-bond acceptors (Lipinski definition) is 2. The van der Waals surface area contributed by atoms with E-state index in [-0.39, 0.29) is 17.9 Å². The van der Waals surface area contributed by atoms with Gasteiger partial charge >= 0.3 is 0 Å². The first kappa shape index (κ1) is 13.5. The normalized spacial score (nSPS) is 23.2. The van der Waals surface area contributed by atoms with Crippen molar-refractivity contribution in [2.75, 3.05) is 13.1 Å². The van der Waals surface area contributed by atoms with Crippen molar-refractivity contribution in [1.82, 2.24) is 4.90 Å². The van der Waals surface area contributed by atoms with E-state index in [1.807, 2.05) is 18.7 Å². The van der Waals surface area contributed by atoms with Crippen LogP contribution >= 0.6 is 0 Å². The molecule has 0 aliphatic carbocycles. The number of nitrogens with two attached hydrogens (primary N) is 1. The van der Waals surface area contributed by atoms with Gasteiger partial charge in [-0.15, -0.1) is 0 Å². The second-order valence-electron chi connectivity index (χ2n) is 5.84. The molecule has 0 bridgehead atoms. The molecule has 2 atom stereocenters. The SMILES string of the molecule is CC(C)CC1CCN(C(=O)[C@@H](N)C(C)C)C1. The minimum atomic E-state index is -0.321. The summed E-state index contributed by atoms with van der Waals surface area (Å²) in [6.07, 6.45) is 2.37. The van der Waals surface area contributed by atoms with Gasteiger partial charge in [-0.1, -0.05) is 27.7 Å². The van der Waals surface area contributed by atoms with Gasteiger partial charge in [0.15, 0.2) is 0 Å². The number of hydrogen-bond donors (Lipinski definition) is 1. The van der Waals surface area contributed by atoms with Gasteiger partial charge in [0.25, 0.3) is 0 Å². The number of amides is 1. The van der Waals surface area contributed by atoms with E-state index in [4.69, 9.17) is 5.73 Å². The molecule has 0 spiro atoms. The fourth-order valence-electron chi connectivity index (χ4n) is 2.39. The molecule has 1 heterocycles. The molecule has 2 N–H and O–H groups in total. The fraction of sp³-hybridized carbons (Fsp3) is 0.923. The van der Waals surface area contributed by atoms with Crippen LogP contribution in [0.4, 0.5) is 0 Å². The van der Waals surface area contributed by atoms with E-state index in [9.17, 15) is 4.79 Å². The maximum absolute atomic E-state index is 12.0. The molecular weight excluding hydrogens is 200 g/mol. The highest BCUT2D eigenvalue weighted by molar-refractivity contribution is 5.82. The van der Waals surface area contributed by atoms with E-state index in [0.717, 1.165) is 25.4 Å². The molecule has 0 saturated carbocycles. The van der Waals surface area contributed by atoms with Crippen molar-refractivity contribution in [1.29, 1.82) is 0 Å². The molecular formula is C13H26N2O. The Labute approximate surface area is 99.4 Å². The average Bonchev–Trinajstić information content (AvgIpc) is 2.62. The van der Waals surface area contributed by atoms with Gasteiger partial charge in [0.2, 0.25) is 5.91 Å². The van der Waals surface area contributed by atoms with E-state index in [0.29, 0.717) is 5.92 Å². The van der Waals surface area contributed by atoms with Crippen molar-refractivity contribution in [3.63, 3.8) is 0 Å². The lowest BCUT2D eigenvalue weighted by molar-refractivity contribution is -0.132. The highest BCUT2D eigenvalue weighted by atomic mass is 16.2. The Morgan fingerprint density at radius 3 is 2.50 bits per heavy atom. The maximum atomic E-state index is 12.0. The Bertz CT molecular complexity index is 238. The van der Waals surface area contributed by atoms with Crippen LogP contribution in [0.3, 0.4) is 0 Å². The van der Waals surface area contributed by atoms with Crippen LogP contribution in [0.2, 0.25) is 0 Å². The van der Waals surface area contributed by atoms with E-state index in [1.54, 1.807) is 0 Å². The lowest BCUT2D eigenvalue weighted by Crippen LogP contribution is -2.45. The summed E-state index contributed by atoms with van der Waals surface area (Å²) in [7, 11) is 0. The van der Waals surface area contributed by atoms with Gasteiger partial charge in [-0.3, -0.25) is 4.79 Å². The summed E-state index contributed by atoms with van der Waals surface area (Å²) in [5.74, 6) is 1.78. The Morgan fingerprint density at radius 2 is 2.00 bits per heavy atom. The summed E-state index contributed by atoms with van der Waals surface area (Å²) < 4.78 is 0. The van der Waals surface area contributed by atoms with Crippen LogP contribution in [0.25, 0.3) is 0 Å². The lowest BCUT2D eigenvalue weighted by Gasteiger charge is -2.23. The van der Waals surface area contributed by atoms with Crippen molar-refractivity contribution in [2.24, 2.45) is 23.5 Å². The highest BCUT2D eigenvalue weighted by Crippen LogP contribution is 2.24. The molecule has 1 amide bonds. The standard InChI is InChI=1S/C13H26N2O/c1-9(2)7-11-5-6-15(8-11)13(16)12(14)10(3)4/h9-12H,5-8,14H2,1-4H3/t11?,12-/m0/s1. The van der Waals surface area contributed by atoms with E-state index in [2.05, 4.69) is 13.8 Å². The zero-order valence-corrected chi connectivity index (χ0v) is 11.1. The fourth-order valence-corrected chi connectivity index (χ4v) is 2.39. The van der Waals surface area contributed by atoms with Crippen molar-refractivity contribution in [2.45, 2.75) is 46.6 Å². The predicted molar refractivity (Wildman–Crippen MR) is 67.0 cm³/mol. The summed E-state index contributed by atoms with van der Waals surface area (Å²) >= 11 is 0. The quantitative estimate of drug-likeness (QED) is 0.795. The smallest absolute Gasteiger partial charge is 0.239 e. The van der Waals surface area contributed by atoms with Crippen LogP contribution in [0.1, 0.15) is 40.5 Å². The van der Waals surface area contributed by atoms with Crippen LogP contribution in [-0.2, 0) is 4.79 Å². The van der Waals surface area contributed by atoms with Gasteiger partial charge in [-0.25, -0.2) is 0 Å². The Hall–Kier alpha value is -0.570. The molecule has 1 unspecified atom stereocenters.